The Morgan fingerprint density at radius 3 is 2.71 bits per heavy atom. The first kappa shape index (κ1) is 10.7. The molecule has 2 heteroatoms. The predicted octanol–water partition coefficient (Wildman–Crippen LogP) is 3.33. The lowest BCUT2D eigenvalue weighted by molar-refractivity contribution is -0.0139. The van der Waals surface area contributed by atoms with Crippen molar-refractivity contribution in [3.63, 3.8) is 0 Å². The second-order valence-corrected chi connectivity index (χ2v) is 2.80. The van der Waals surface area contributed by atoms with Crippen LogP contribution in [0.5, 0.6) is 0 Å². The fourth-order valence-corrected chi connectivity index (χ4v) is 1.10. The third-order valence-corrected chi connectivity index (χ3v) is 1.86. The Morgan fingerprint density at radius 1 is 1.36 bits per heavy atom. The van der Waals surface area contributed by atoms with E-state index in [0.29, 0.717) is 0 Å². The summed E-state index contributed by atoms with van der Waals surface area (Å²) in [6.45, 7) is 7.20. The van der Waals surface area contributed by atoms with Gasteiger partial charge >= 0.3 is 0 Å². The van der Waals surface area contributed by atoms with Crippen molar-refractivity contribution in [3.8, 4) is 0 Å². The van der Waals surface area contributed by atoms with Crippen LogP contribution in [0.25, 0.3) is 6.08 Å². The number of hydrogen-bond acceptors (Lipinski definition) is 1. The SMILES string of the molecule is C=Cc1ccccc1COC(F)C=C. The van der Waals surface area contributed by atoms with E-state index in [1.165, 1.54) is 0 Å². The van der Waals surface area contributed by atoms with E-state index in [1.54, 1.807) is 6.08 Å². The van der Waals surface area contributed by atoms with Gasteiger partial charge in [-0.3, -0.25) is 0 Å². The van der Waals surface area contributed by atoms with Crippen molar-refractivity contribution in [1.82, 2.24) is 0 Å². The predicted molar refractivity (Wildman–Crippen MR) is 56.4 cm³/mol. The van der Waals surface area contributed by atoms with Crippen molar-refractivity contribution >= 4 is 6.08 Å². The van der Waals surface area contributed by atoms with Gasteiger partial charge in [-0.1, -0.05) is 43.5 Å². The maximum atomic E-state index is 12.7. The van der Waals surface area contributed by atoms with Crippen LogP contribution >= 0.6 is 0 Å². The highest BCUT2D eigenvalue weighted by Crippen LogP contribution is 2.12. The molecule has 0 N–H and O–H groups in total. The van der Waals surface area contributed by atoms with Crippen LogP contribution in [0, 0.1) is 0 Å². The second-order valence-electron chi connectivity index (χ2n) is 2.80. The molecule has 1 rings (SSSR count). The summed E-state index contributed by atoms with van der Waals surface area (Å²) in [5.41, 5.74) is 1.88. The van der Waals surface area contributed by atoms with Gasteiger partial charge in [0, 0.05) is 0 Å². The second kappa shape index (κ2) is 5.35. The first-order valence-corrected chi connectivity index (χ1v) is 4.36. The molecule has 0 fully saturated rings. The maximum Gasteiger partial charge on any atom is 0.218 e. The molecule has 0 aliphatic heterocycles. The summed E-state index contributed by atoms with van der Waals surface area (Å²) in [4.78, 5) is 0. The number of rotatable bonds is 5. The average Bonchev–Trinajstić information content (AvgIpc) is 2.26. The number of hydrogen-bond donors (Lipinski definition) is 0. The molecule has 1 nitrogen and oxygen atoms in total. The lowest BCUT2D eigenvalue weighted by atomic mass is 10.1. The molecule has 0 saturated heterocycles. The van der Waals surface area contributed by atoms with Crippen molar-refractivity contribution in [3.05, 3.63) is 54.6 Å². The molecule has 0 spiro atoms. The summed E-state index contributed by atoms with van der Waals surface area (Å²) >= 11 is 0. The molecular formula is C12H13FO. The van der Waals surface area contributed by atoms with Crippen molar-refractivity contribution in [2.75, 3.05) is 0 Å². The van der Waals surface area contributed by atoms with E-state index in [2.05, 4.69) is 13.2 Å². The van der Waals surface area contributed by atoms with Gasteiger partial charge < -0.3 is 4.74 Å². The quantitative estimate of drug-likeness (QED) is 0.650. The number of ether oxygens (including phenoxy) is 1. The van der Waals surface area contributed by atoms with E-state index in [4.69, 9.17) is 4.74 Å². The van der Waals surface area contributed by atoms with Crippen LogP contribution in [0.2, 0.25) is 0 Å². The zero-order valence-corrected chi connectivity index (χ0v) is 7.95. The van der Waals surface area contributed by atoms with Gasteiger partial charge in [-0.25, -0.2) is 4.39 Å². The molecule has 0 bridgehead atoms. The van der Waals surface area contributed by atoms with Gasteiger partial charge in [-0.05, 0) is 17.2 Å². The van der Waals surface area contributed by atoms with Crippen LogP contribution in [0.1, 0.15) is 11.1 Å². The number of halogens is 1. The summed E-state index contributed by atoms with van der Waals surface area (Å²) in [7, 11) is 0. The molecule has 74 valence electrons. The van der Waals surface area contributed by atoms with E-state index in [0.717, 1.165) is 17.2 Å². The van der Waals surface area contributed by atoms with E-state index in [-0.39, 0.29) is 6.61 Å². The molecule has 0 saturated carbocycles. The van der Waals surface area contributed by atoms with Gasteiger partial charge in [0.15, 0.2) is 0 Å². The van der Waals surface area contributed by atoms with E-state index >= 15 is 0 Å². The molecule has 1 atom stereocenters. The monoisotopic (exact) mass is 192 g/mol. The van der Waals surface area contributed by atoms with Crippen LogP contribution in [0.3, 0.4) is 0 Å². The fraction of sp³-hybridized carbons (Fsp3) is 0.167. The molecule has 0 radical (unpaired) electrons. The van der Waals surface area contributed by atoms with Gasteiger partial charge in [0.1, 0.15) is 0 Å². The molecule has 0 aliphatic carbocycles. The Bertz CT molecular complexity index is 320. The normalized spacial score (nSPS) is 12.1. The van der Waals surface area contributed by atoms with Gasteiger partial charge in [0.2, 0.25) is 6.36 Å². The molecule has 1 aromatic rings. The Labute approximate surface area is 83.5 Å². The van der Waals surface area contributed by atoms with E-state index in [1.807, 2.05) is 24.3 Å². The minimum absolute atomic E-state index is 0.232. The van der Waals surface area contributed by atoms with Gasteiger partial charge in [0.25, 0.3) is 0 Å². The van der Waals surface area contributed by atoms with Crippen molar-refractivity contribution in [1.29, 1.82) is 0 Å². The molecule has 0 heterocycles. The summed E-state index contributed by atoms with van der Waals surface area (Å²) in [5, 5.41) is 0. The summed E-state index contributed by atoms with van der Waals surface area (Å²) < 4.78 is 17.6. The smallest absolute Gasteiger partial charge is 0.218 e. The van der Waals surface area contributed by atoms with Gasteiger partial charge in [0.05, 0.1) is 6.61 Å². The standard InChI is InChI=1S/C12H13FO/c1-3-10-7-5-6-8-11(10)9-14-12(13)4-2/h3-8,12H,1-2,9H2. The molecule has 0 amide bonds. The largest absolute Gasteiger partial charge is 0.340 e. The molecule has 1 aromatic carbocycles. The number of benzene rings is 1. The molecular weight excluding hydrogens is 179 g/mol. The van der Waals surface area contributed by atoms with Crippen molar-refractivity contribution < 1.29 is 9.13 Å². The highest BCUT2D eigenvalue weighted by Gasteiger charge is 2.02. The first-order valence-electron chi connectivity index (χ1n) is 4.36. The highest BCUT2D eigenvalue weighted by molar-refractivity contribution is 5.51. The lowest BCUT2D eigenvalue weighted by Crippen LogP contribution is -2.03. The Kier molecular flexibility index (Phi) is 4.08. The van der Waals surface area contributed by atoms with Crippen LogP contribution in [0.15, 0.2) is 43.5 Å². The van der Waals surface area contributed by atoms with Crippen LogP contribution in [-0.4, -0.2) is 6.36 Å². The Balaban J connectivity index is 2.66. The summed E-state index contributed by atoms with van der Waals surface area (Å²) in [5.74, 6) is 0. The topological polar surface area (TPSA) is 9.23 Å². The minimum atomic E-state index is -1.41. The molecule has 0 aliphatic rings. The van der Waals surface area contributed by atoms with Crippen molar-refractivity contribution in [2.24, 2.45) is 0 Å². The molecule has 14 heavy (non-hydrogen) atoms. The fourth-order valence-electron chi connectivity index (χ4n) is 1.10. The van der Waals surface area contributed by atoms with E-state index < -0.39 is 6.36 Å². The van der Waals surface area contributed by atoms with Gasteiger partial charge in [-0.2, -0.15) is 0 Å². The summed E-state index contributed by atoms with van der Waals surface area (Å²) in [6, 6.07) is 7.58. The third kappa shape index (κ3) is 2.82. The first-order chi connectivity index (χ1) is 6.77. The molecule has 0 aromatic heterocycles. The lowest BCUT2D eigenvalue weighted by Gasteiger charge is -2.07. The average molecular weight is 192 g/mol. The summed E-state index contributed by atoms with van der Waals surface area (Å²) in [6.07, 6.45) is 1.43. The third-order valence-electron chi connectivity index (χ3n) is 1.86. The number of alkyl halides is 1. The zero-order valence-electron chi connectivity index (χ0n) is 7.95. The van der Waals surface area contributed by atoms with E-state index in [9.17, 15) is 4.39 Å². The maximum absolute atomic E-state index is 12.7. The van der Waals surface area contributed by atoms with Crippen LogP contribution < -0.4 is 0 Å². The highest BCUT2D eigenvalue weighted by atomic mass is 19.1. The van der Waals surface area contributed by atoms with Crippen LogP contribution in [0.4, 0.5) is 4.39 Å². The Hall–Kier alpha value is -1.41. The zero-order chi connectivity index (χ0) is 10.4. The van der Waals surface area contributed by atoms with Gasteiger partial charge in [-0.15, -0.1) is 0 Å². The molecule has 1 unspecified atom stereocenters. The van der Waals surface area contributed by atoms with Crippen LogP contribution in [-0.2, 0) is 11.3 Å². The van der Waals surface area contributed by atoms with Crippen molar-refractivity contribution in [2.45, 2.75) is 13.0 Å². The Morgan fingerprint density at radius 2 is 2.07 bits per heavy atom. The minimum Gasteiger partial charge on any atom is -0.340 e.